The van der Waals surface area contributed by atoms with Crippen LogP contribution in [0, 0.1) is 5.92 Å². The summed E-state index contributed by atoms with van der Waals surface area (Å²) in [6, 6.07) is 4.69. The molecule has 0 spiro atoms. The Hall–Kier alpha value is -2.77. The zero-order chi connectivity index (χ0) is 19.5. The van der Waals surface area contributed by atoms with Crippen LogP contribution in [-0.4, -0.2) is 51.2 Å². The number of esters is 1. The van der Waals surface area contributed by atoms with Crippen molar-refractivity contribution in [1.29, 1.82) is 0 Å². The third-order valence-corrected chi connectivity index (χ3v) is 3.13. The normalized spacial score (nSPS) is 10.2. The van der Waals surface area contributed by atoms with Crippen LogP contribution in [0.2, 0.25) is 0 Å². The molecule has 0 aromatic heterocycles. The lowest BCUT2D eigenvalue weighted by atomic mass is 10.2. The van der Waals surface area contributed by atoms with E-state index in [9.17, 15) is 14.4 Å². The van der Waals surface area contributed by atoms with E-state index in [1.165, 1.54) is 20.1 Å². The molecule has 8 heteroatoms. The predicted octanol–water partition coefficient (Wildman–Crippen LogP) is 1.14. The van der Waals surface area contributed by atoms with Crippen molar-refractivity contribution in [2.24, 2.45) is 5.92 Å². The van der Waals surface area contributed by atoms with Crippen LogP contribution in [-0.2, 0) is 14.3 Å². The van der Waals surface area contributed by atoms with Gasteiger partial charge in [0.1, 0.15) is 0 Å². The summed E-state index contributed by atoms with van der Waals surface area (Å²) >= 11 is 0. The highest BCUT2D eigenvalue weighted by Gasteiger charge is 2.14. The minimum Gasteiger partial charge on any atom is -0.493 e. The highest BCUT2D eigenvalue weighted by Crippen LogP contribution is 2.28. The van der Waals surface area contributed by atoms with Gasteiger partial charge in [0.25, 0.3) is 5.91 Å². The zero-order valence-corrected chi connectivity index (χ0v) is 15.6. The molecule has 0 aliphatic rings. The van der Waals surface area contributed by atoms with Gasteiger partial charge in [-0.2, -0.15) is 0 Å². The van der Waals surface area contributed by atoms with E-state index in [4.69, 9.17) is 14.2 Å². The number of ether oxygens (including phenoxy) is 3. The molecule has 0 saturated heterocycles. The summed E-state index contributed by atoms with van der Waals surface area (Å²) in [4.78, 5) is 34.4. The largest absolute Gasteiger partial charge is 0.493 e. The van der Waals surface area contributed by atoms with Crippen LogP contribution in [0.15, 0.2) is 18.2 Å². The molecule has 0 heterocycles. The second-order valence-corrected chi connectivity index (χ2v) is 5.98. The van der Waals surface area contributed by atoms with Crippen molar-refractivity contribution in [3.8, 4) is 11.5 Å². The summed E-state index contributed by atoms with van der Waals surface area (Å²) in [5.74, 6) is 0.0329. The van der Waals surface area contributed by atoms with Gasteiger partial charge in [-0.05, 0) is 24.1 Å². The molecule has 1 rings (SSSR count). The number of hydrogen-bond acceptors (Lipinski definition) is 6. The lowest BCUT2D eigenvalue weighted by molar-refractivity contribution is -0.124. The molecule has 0 aliphatic heterocycles. The minimum absolute atomic E-state index is 0.180. The zero-order valence-electron chi connectivity index (χ0n) is 15.6. The average molecular weight is 366 g/mol. The molecule has 1 aromatic carbocycles. The Morgan fingerprint density at radius 3 is 2.38 bits per heavy atom. The number of nitrogens with one attached hydrogen (secondary N) is 2. The van der Waals surface area contributed by atoms with Gasteiger partial charge in [-0.1, -0.05) is 13.8 Å². The van der Waals surface area contributed by atoms with Crippen molar-refractivity contribution < 1.29 is 28.6 Å². The van der Waals surface area contributed by atoms with Gasteiger partial charge in [-0.15, -0.1) is 0 Å². The van der Waals surface area contributed by atoms with Gasteiger partial charge in [0.15, 0.2) is 18.1 Å². The number of rotatable bonds is 10. The molecule has 0 saturated carbocycles. The molecule has 2 amide bonds. The van der Waals surface area contributed by atoms with Crippen molar-refractivity contribution in [2.45, 2.75) is 20.8 Å². The van der Waals surface area contributed by atoms with Crippen molar-refractivity contribution in [2.75, 3.05) is 33.4 Å². The maximum atomic E-state index is 12.1. The minimum atomic E-state index is -0.643. The number of hydrogen-bond donors (Lipinski definition) is 2. The Morgan fingerprint density at radius 2 is 1.77 bits per heavy atom. The fourth-order valence-corrected chi connectivity index (χ4v) is 1.88. The molecule has 0 fully saturated rings. The first kappa shape index (κ1) is 21.3. The van der Waals surface area contributed by atoms with Crippen molar-refractivity contribution >= 4 is 17.8 Å². The molecule has 0 radical (unpaired) electrons. The molecule has 2 N–H and O–H groups in total. The van der Waals surface area contributed by atoms with Gasteiger partial charge >= 0.3 is 5.97 Å². The number of methoxy groups -OCH3 is 1. The highest BCUT2D eigenvalue weighted by molar-refractivity contribution is 5.92. The van der Waals surface area contributed by atoms with E-state index >= 15 is 0 Å². The standard InChI is InChI=1S/C18H26N2O6/c1-12(2)10-25-15-6-5-14(9-16(15)24-4)18(23)26-11-17(22)20-8-7-19-13(3)21/h5-6,9,12H,7-8,10-11H2,1-4H3,(H,19,21)(H,20,22). The molecule has 0 aliphatic carbocycles. The van der Waals surface area contributed by atoms with Crippen LogP contribution in [0.1, 0.15) is 31.1 Å². The molecule has 144 valence electrons. The summed E-state index contributed by atoms with van der Waals surface area (Å²) in [6.07, 6.45) is 0. The quantitative estimate of drug-likeness (QED) is 0.475. The molecule has 26 heavy (non-hydrogen) atoms. The molecule has 1 aromatic rings. The average Bonchev–Trinajstić information content (AvgIpc) is 2.61. The van der Waals surface area contributed by atoms with Gasteiger partial charge in [0.05, 0.1) is 19.3 Å². The van der Waals surface area contributed by atoms with Crippen LogP contribution in [0.25, 0.3) is 0 Å². The van der Waals surface area contributed by atoms with E-state index < -0.39 is 18.5 Å². The summed E-state index contributed by atoms with van der Waals surface area (Å²) < 4.78 is 15.8. The maximum Gasteiger partial charge on any atom is 0.338 e. The first-order valence-electron chi connectivity index (χ1n) is 8.32. The summed E-state index contributed by atoms with van der Waals surface area (Å²) in [7, 11) is 1.48. The maximum absolute atomic E-state index is 12.1. The van der Waals surface area contributed by atoms with Crippen molar-refractivity contribution in [1.82, 2.24) is 10.6 Å². The van der Waals surface area contributed by atoms with Crippen LogP contribution in [0.4, 0.5) is 0 Å². The third kappa shape index (κ3) is 7.87. The highest BCUT2D eigenvalue weighted by atomic mass is 16.5. The number of benzene rings is 1. The Morgan fingerprint density at radius 1 is 1.08 bits per heavy atom. The predicted molar refractivity (Wildman–Crippen MR) is 95.3 cm³/mol. The van der Waals surface area contributed by atoms with Crippen LogP contribution >= 0.6 is 0 Å². The van der Waals surface area contributed by atoms with E-state index in [2.05, 4.69) is 10.6 Å². The molecule has 0 bridgehead atoms. The molecule has 0 unspecified atom stereocenters. The first-order valence-corrected chi connectivity index (χ1v) is 8.32. The van der Waals surface area contributed by atoms with E-state index in [0.29, 0.717) is 30.6 Å². The van der Waals surface area contributed by atoms with E-state index in [1.54, 1.807) is 12.1 Å². The van der Waals surface area contributed by atoms with Gasteiger partial charge in [0.2, 0.25) is 5.91 Å². The lowest BCUT2D eigenvalue weighted by Crippen LogP contribution is -2.35. The topological polar surface area (TPSA) is 103 Å². The lowest BCUT2D eigenvalue weighted by Gasteiger charge is -2.13. The number of amides is 2. The van der Waals surface area contributed by atoms with Gasteiger partial charge in [0, 0.05) is 20.0 Å². The number of carbonyl (C=O) groups is 3. The van der Waals surface area contributed by atoms with E-state index in [0.717, 1.165) is 0 Å². The SMILES string of the molecule is COc1cc(C(=O)OCC(=O)NCCNC(C)=O)ccc1OCC(C)C. The molecular weight excluding hydrogens is 340 g/mol. The molecule has 8 nitrogen and oxygen atoms in total. The Balaban J connectivity index is 2.51. The Kier molecular flexibility index (Phi) is 8.97. The second-order valence-electron chi connectivity index (χ2n) is 5.98. The Labute approximate surface area is 153 Å². The molecule has 0 atom stereocenters. The van der Waals surface area contributed by atoms with Crippen LogP contribution in [0.5, 0.6) is 11.5 Å². The third-order valence-electron chi connectivity index (χ3n) is 3.13. The Bertz CT molecular complexity index is 630. The van der Waals surface area contributed by atoms with Crippen LogP contribution in [0.3, 0.4) is 0 Å². The van der Waals surface area contributed by atoms with Gasteiger partial charge in [-0.25, -0.2) is 4.79 Å². The van der Waals surface area contributed by atoms with Gasteiger partial charge in [-0.3, -0.25) is 9.59 Å². The fourth-order valence-electron chi connectivity index (χ4n) is 1.88. The van der Waals surface area contributed by atoms with E-state index in [-0.39, 0.29) is 18.0 Å². The fraction of sp³-hybridized carbons (Fsp3) is 0.500. The number of carbonyl (C=O) groups excluding carboxylic acids is 3. The summed E-state index contributed by atoms with van der Waals surface area (Å²) in [6.45, 7) is 6.12. The summed E-state index contributed by atoms with van der Waals surface area (Å²) in [5.41, 5.74) is 0.254. The van der Waals surface area contributed by atoms with Crippen LogP contribution < -0.4 is 20.1 Å². The van der Waals surface area contributed by atoms with Crippen molar-refractivity contribution in [3.63, 3.8) is 0 Å². The van der Waals surface area contributed by atoms with E-state index in [1.807, 2.05) is 13.8 Å². The first-order chi connectivity index (χ1) is 12.3. The molecular formula is C18H26N2O6. The smallest absolute Gasteiger partial charge is 0.338 e. The summed E-state index contributed by atoms with van der Waals surface area (Å²) in [5, 5.41) is 5.07. The second kappa shape index (κ2) is 11.0. The monoisotopic (exact) mass is 366 g/mol. The van der Waals surface area contributed by atoms with Gasteiger partial charge < -0.3 is 24.8 Å². The van der Waals surface area contributed by atoms with Crippen molar-refractivity contribution in [3.05, 3.63) is 23.8 Å².